The average molecular weight is 381 g/mol. The molecule has 7 nitrogen and oxygen atoms in total. The minimum atomic E-state index is -0.494. The predicted octanol–water partition coefficient (Wildman–Crippen LogP) is 3.01. The number of carbonyl (C=O) groups is 2. The molecule has 0 aliphatic carbocycles. The zero-order chi connectivity index (χ0) is 19.6. The van der Waals surface area contributed by atoms with Gasteiger partial charge in [0, 0.05) is 37.2 Å². The number of hydrogen-bond acceptors (Lipinski definition) is 6. The third kappa shape index (κ3) is 3.90. The Kier molecular flexibility index (Phi) is 5.11. The maximum atomic E-state index is 12.7. The van der Waals surface area contributed by atoms with E-state index < -0.39 is 5.79 Å². The largest absolute Gasteiger partial charge is 0.354 e. The Hall–Kier alpha value is -2.77. The zero-order valence-electron chi connectivity index (χ0n) is 15.8. The normalized spacial score (nSPS) is 18.2. The number of benzene rings is 1. The van der Waals surface area contributed by atoms with E-state index in [1.807, 2.05) is 18.2 Å². The van der Waals surface area contributed by atoms with Crippen LogP contribution in [0, 0.1) is 0 Å². The van der Waals surface area contributed by atoms with Crippen molar-refractivity contribution in [1.29, 1.82) is 0 Å². The molecule has 28 heavy (non-hydrogen) atoms. The molecule has 2 saturated heterocycles. The summed E-state index contributed by atoms with van der Waals surface area (Å²) in [6, 6.07) is 10.8. The number of nitrogens with zero attached hydrogens (tertiary/aromatic N) is 2. The zero-order valence-corrected chi connectivity index (χ0v) is 15.8. The van der Waals surface area contributed by atoms with Gasteiger partial charge in [0.1, 0.15) is 5.69 Å². The van der Waals surface area contributed by atoms with Crippen molar-refractivity contribution in [3.05, 3.63) is 53.9 Å². The van der Waals surface area contributed by atoms with Crippen LogP contribution in [0.15, 0.2) is 42.6 Å². The lowest BCUT2D eigenvalue weighted by molar-refractivity contribution is -0.181. The molecule has 2 aliphatic rings. The smallest absolute Gasteiger partial charge is 0.272 e. The number of Topliss-reactive ketones (excluding diaryl/α,β-unsaturated/α-hetero) is 1. The second kappa shape index (κ2) is 7.69. The van der Waals surface area contributed by atoms with Crippen LogP contribution in [-0.4, -0.2) is 53.7 Å². The van der Waals surface area contributed by atoms with E-state index in [-0.39, 0.29) is 11.7 Å². The molecule has 1 amide bonds. The maximum Gasteiger partial charge on any atom is 0.272 e. The van der Waals surface area contributed by atoms with Gasteiger partial charge in [0.15, 0.2) is 11.6 Å². The van der Waals surface area contributed by atoms with Gasteiger partial charge in [-0.15, -0.1) is 0 Å². The van der Waals surface area contributed by atoms with Gasteiger partial charge in [-0.2, -0.15) is 0 Å². The van der Waals surface area contributed by atoms with Gasteiger partial charge in [-0.1, -0.05) is 12.1 Å². The molecule has 0 bridgehead atoms. The number of rotatable bonds is 4. The van der Waals surface area contributed by atoms with E-state index in [0.717, 1.165) is 11.4 Å². The Morgan fingerprint density at radius 2 is 1.82 bits per heavy atom. The Bertz CT molecular complexity index is 865. The molecule has 7 heteroatoms. The third-order valence-corrected chi connectivity index (χ3v) is 5.17. The fraction of sp³-hybridized carbons (Fsp3) is 0.381. The van der Waals surface area contributed by atoms with Crippen molar-refractivity contribution in [3.8, 4) is 0 Å². The van der Waals surface area contributed by atoms with Crippen LogP contribution < -0.4 is 5.32 Å². The number of carbonyl (C=O) groups excluding carboxylic acids is 2. The number of likely N-dealkylation sites (tertiary alicyclic amines) is 1. The van der Waals surface area contributed by atoms with Crippen LogP contribution in [0.25, 0.3) is 0 Å². The molecule has 1 aromatic heterocycles. The van der Waals surface area contributed by atoms with Crippen molar-refractivity contribution in [3.63, 3.8) is 0 Å². The predicted molar refractivity (Wildman–Crippen MR) is 104 cm³/mol. The molecular weight excluding hydrogens is 358 g/mol. The number of ether oxygens (including phenoxy) is 2. The van der Waals surface area contributed by atoms with Crippen LogP contribution in [0.3, 0.4) is 0 Å². The second-order valence-electron chi connectivity index (χ2n) is 7.09. The minimum Gasteiger partial charge on any atom is -0.354 e. The highest BCUT2D eigenvalue weighted by atomic mass is 16.7. The molecule has 0 unspecified atom stereocenters. The molecule has 3 heterocycles. The highest BCUT2D eigenvalue weighted by Crippen LogP contribution is 2.31. The van der Waals surface area contributed by atoms with Gasteiger partial charge in [0.2, 0.25) is 0 Å². The molecule has 4 rings (SSSR count). The monoisotopic (exact) mass is 381 g/mol. The first-order valence-electron chi connectivity index (χ1n) is 9.46. The summed E-state index contributed by atoms with van der Waals surface area (Å²) < 4.78 is 11.4. The molecule has 2 aliphatic heterocycles. The van der Waals surface area contributed by atoms with Gasteiger partial charge in [-0.25, -0.2) is 4.98 Å². The van der Waals surface area contributed by atoms with Gasteiger partial charge < -0.3 is 19.7 Å². The summed E-state index contributed by atoms with van der Waals surface area (Å²) in [5.74, 6) is -0.565. The van der Waals surface area contributed by atoms with Crippen molar-refractivity contribution in [2.24, 2.45) is 0 Å². The number of amides is 1. The summed E-state index contributed by atoms with van der Waals surface area (Å²) in [7, 11) is 0. The molecule has 1 aromatic carbocycles. The van der Waals surface area contributed by atoms with Gasteiger partial charge >= 0.3 is 0 Å². The van der Waals surface area contributed by atoms with Gasteiger partial charge in [-0.3, -0.25) is 9.59 Å². The van der Waals surface area contributed by atoms with Crippen LogP contribution in [0.5, 0.6) is 0 Å². The van der Waals surface area contributed by atoms with Crippen LogP contribution >= 0.6 is 0 Å². The highest BCUT2D eigenvalue weighted by Gasteiger charge is 2.40. The molecule has 0 saturated carbocycles. The first-order valence-corrected chi connectivity index (χ1v) is 9.46. The molecule has 0 atom stereocenters. The van der Waals surface area contributed by atoms with Gasteiger partial charge in [0.05, 0.1) is 25.1 Å². The molecule has 1 spiro atoms. The van der Waals surface area contributed by atoms with E-state index in [9.17, 15) is 9.59 Å². The summed E-state index contributed by atoms with van der Waals surface area (Å²) in [5, 5.41) is 3.21. The lowest BCUT2D eigenvalue weighted by Crippen LogP contribution is -2.47. The quantitative estimate of drug-likeness (QED) is 0.820. The van der Waals surface area contributed by atoms with Crippen molar-refractivity contribution in [1.82, 2.24) is 9.88 Å². The van der Waals surface area contributed by atoms with Crippen LogP contribution in [0.1, 0.15) is 40.6 Å². The van der Waals surface area contributed by atoms with E-state index in [2.05, 4.69) is 10.3 Å². The van der Waals surface area contributed by atoms with E-state index in [0.29, 0.717) is 50.4 Å². The molecule has 0 radical (unpaired) electrons. The molecule has 2 fully saturated rings. The summed E-state index contributed by atoms with van der Waals surface area (Å²) in [4.78, 5) is 30.3. The summed E-state index contributed by atoms with van der Waals surface area (Å²) in [5.41, 5.74) is 2.60. The van der Waals surface area contributed by atoms with E-state index in [1.54, 1.807) is 29.3 Å². The summed E-state index contributed by atoms with van der Waals surface area (Å²) >= 11 is 0. The number of piperidine rings is 1. The van der Waals surface area contributed by atoms with E-state index in [4.69, 9.17) is 9.47 Å². The fourth-order valence-electron chi connectivity index (χ4n) is 3.58. The van der Waals surface area contributed by atoms with Crippen molar-refractivity contribution in [2.75, 3.05) is 31.6 Å². The van der Waals surface area contributed by atoms with Crippen LogP contribution in [-0.2, 0) is 9.47 Å². The topological polar surface area (TPSA) is 80.8 Å². The Morgan fingerprint density at radius 3 is 2.46 bits per heavy atom. The fourth-order valence-corrected chi connectivity index (χ4v) is 3.58. The van der Waals surface area contributed by atoms with Crippen LogP contribution in [0.4, 0.5) is 11.4 Å². The van der Waals surface area contributed by atoms with Crippen LogP contribution in [0.2, 0.25) is 0 Å². The number of hydrogen-bond donors (Lipinski definition) is 1. The Labute approximate surface area is 163 Å². The standard InChI is InChI=1S/C21H23N3O4/c1-15(25)16-3-2-4-17(13-16)23-18-5-6-19(22-14-18)20(26)24-9-7-21(8-10-24)27-11-12-28-21/h2-6,13-14,23H,7-12H2,1H3. The van der Waals surface area contributed by atoms with Gasteiger partial charge in [0.25, 0.3) is 5.91 Å². The third-order valence-electron chi connectivity index (χ3n) is 5.17. The van der Waals surface area contributed by atoms with Crippen molar-refractivity contribution < 1.29 is 19.1 Å². The van der Waals surface area contributed by atoms with E-state index >= 15 is 0 Å². The summed E-state index contributed by atoms with van der Waals surface area (Å²) in [6.07, 6.45) is 3.00. The van der Waals surface area contributed by atoms with Gasteiger partial charge in [-0.05, 0) is 31.2 Å². The summed E-state index contributed by atoms with van der Waals surface area (Å²) in [6.45, 7) is 3.98. The molecule has 2 aromatic rings. The minimum absolute atomic E-state index is 0.0134. The highest BCUT2D eigenvalue weighted by molar-refractivity contribution is 5.95. The molecule has 1 N–H and O–H groups in total. The van der Waals surface area contributed by atoms with E-state index in [1.165, 1.54) is 6.92 Å². The number of anilines is 2. The second-order valence-corrected chi connectivity index (χ2v) is 7.09. The first kappa shape index (κ1) is 18.6. The van der Waals surface area contributed by atoms with Crippen molar-refractivity contribution >= 4 is 23.1 Å². The lowest BCUT2D eigenvalue weighted by Gasteiger charge is -2.37. The Morgan fingerprint density at radius 1 is 1.07 bits per heavy atom. The number of pyridine rings is 1. The first-order chi connectivity index (χ1) is 13.5. The number of ketones is 1. The average Bonchev–Trinajstić information content (AvgIpc) is 3.17. The Balaban J connectivity index is 1.38. The lowest BCUT2D eigenvalue weighted by atomic mass is 10.0. The molecular formula is C21H23N3O4. The maximum absolute atomic E-state index is 12.7. The SMILES string of the molecule is CC(=O)c1cccc(Nc2ccc(C(=O)N3CCC4(CC3)OCCO4)nc2)c1. The van der Waals surface area contributed by atoms with Crippen molar-refractivity contribution in [2.45, 2.75) is 25.6 Å². The molecule has 146 valence electrons. The number of nitrogens with one attached hydrogen (secondary N) is 1. The number of aromatic nitrogens is 1.